The normalized spacial score (nSPS) is 11.2. The molecule has 37 heavy (non-hydrogen) atoms. The van der Waals surface area contributed by atoms with E-state index in [-0.39, 0.29) is 0 Å². The zero-order chi connectivity index (χ0) is 24.6. The molecule has 0 bridgehead atoms. The minimum Gasteiger partial charge on any atom is -0.247 e. The van der Waals surface area contributed by atoms with Crippen LogP contribution in [-0.2, 0) is 0 Å². The molecule has 2 heteroatoms. The molecule has 2 aromatic heterocycles. The van der Waals surface area contributed by atoms with Crippen molar-refractivity contribution >= 4 is 31.5 Å². The molecule has 7 aromatic rings. The number of hydrogen-bond acceptors (Lipinski definition) is 2. The first-order valence-corrected chi connectivity index (χ1v) is 13.3. The van der Waals surface area contributed by atoms with Crippen molar-refractivity contribution < 1.29 is 0 Å². The summed E-state index contributed by atoms with van der Waals surface area (Å²) in [5.74, 6) is 0. The monoisotopic (exact) mass is 489 g/mol. The average molecular weight is 490 g/mol. The highest BCUT2D eigenvalue weighted by atomic mass is 32.1. The van der Waals surface area contributed by atoms with E-state index in [0.717, 1.165) is 28.1 Å². The molecule has 0 unspecified atom stereocenters. The van der Waals surface area contributed by atoms with Crippen molar-refractivity contribution in [2.45, 2.75) is 0 Å². The van der Waals surface area contributed by atoms with Crippen molar-refractivity contribution in [3.63, 3.8) is 0 Å². The maximum atomic E-state index is 5.22. The summed E-state index contributed by atoms with van der Waals surface area (Å²) in [5.41, 5.74) is 9.16. The average Bonchev–Trinajstić information content (AvgIpc) is 3.37. The van der Waals surface area contributed by atoms with Crippen LogP contribution in [0, 0.1) is 0 Å². The minimum absolute atomic E-state index is 0.984. The molecule has 2 heterocycles. The first kappa shape index (κ1) is 21.7. The predicted molar refractivity (Wildman–Crippen MR) is 159 cm³/mol. The SMILES string of the molecule is c1ccc(-c2ccc(-c3cccc4c3sc3c(-c5ccccc5)cccc34)c(-c3ccccc3)n2)cc1. The Morgan fingerprint density at radius 2 is 0.919 bits per heavy atom. The van der Waals surface area contributed by atoms with E-state index in [2.05, 4.69) is 133 Å². The number of rotatable bonds is 4. The fourth-order valence-corrected chi connectivity index (χ4v) is 6.50. The summed E-state index contributed by atoms with van der Waals surface area (Å²) >= 11 is 1.88. The molecule has 0 atom stereocenters. The number of nitrogens with zero attached hydrogens (tertiary/aromatic N) is 1. The zero-order valence-electron chi connectivity index (χ0n) is 20.1. The highest BCUT2D eigenvalue weighted by Gasteiger charge is 2.17. The lowest BCUT2D eigenvalue weighted by molar-refractivity contribution is 1.32. The predicted octanol–water partition coefficient (Wildman–Crippen LogP) is 10.1. The van der Waals surface area contributed by atoms with E-state index in [1.807, 2.05) is 17.4 Å². The zero-order valence-corrected chi connectivity index (χ0v) is 21.0. The van der Waals surface area contributed by atoms with Crippen molar-refractivity contribution in [3.8, 4) is 44.8 Å². The third-order valence-corrected chi connectivity index (χ3v) is 8.20. The quantitative estimate of drug-likeness (QED) is 0.240. The van der Waals surface area contributed by atoms with Gasteiger partial charge in [0.15, 0.2) is 0 Å². The third-order valence-electron chi connectivity index (χ3n) is 6.91. The van der Waals surface area contributed by atoms with Crippen LogP contribution in [0.5, 0.6) is 0 Å². The van der Waals surface area contributed by atoms with Gasteiger partial charge < -0.3 is 0 Å². The molecule has 0 aliphatic rings. The molecule has 0 N–H and O–H groups in total. The van der Waals surface area contributed by atoms with Crippen LogP contribution in [0.15, 0.2) is 140 Å². The van der Waals surface area contributed by atoms with Crippen molar-refractivity contribution in [3.05, 3.63) is 140 Å². The van der Waals surface area contributed by atoms with Gasteiger partial charge in [-0.25, -0.2) is 4.98 Å². The summed E-state index contributed by atoms with van der Waals surface area (Å²) in [7, 11) is 0. The summed E-state index contributed by atoms with van der Waals surface area (Å²) in [5, 5.41) is 2.60. The maximum absolute atomic E-state index is 5.22. The van der Waals surface area contributed by atoms with Gasteiger partial charge in [-0.1, -0.05) is 127 Å². The van der Waals surface area contributed by atoms with E-state index in [9.17, 15) is 0 Å². The standard InChI is InChI=1S/C35H23NS/c1-4-12-24(13-5-1)27-18-10-20-30-31-21-11-19-29(35(31)37-34(27)30)28-22-23-32(25-14-6-2-7-15-25)36-33(28)26-16-8-3-9-17-26/h1-23H. The van der Waals surface area contributed by atoms with Crippen LogP contribution in [0.4, 0.5) is 0 Å². The van der Waals surface area contributed by atoms with Gasteiger partial charge in [0.05, 0.1) is 11.4 Å². The third kappa shape index (κ3) is 3.83. The summed E-state index contributed by atoms with van der Waals surface area (Å²) in [6.07, 6.45) is 0. The molecular formula is C35H23NS. The van der Waals surface area contributed by atoms with E-state index in [1.54, 1.807) is 0 Å². The Balaban J connectivity index is 1.49. The van der Waals surface area contributed by atoms with Gasteiger partial charge in [-0.05, 0) is 23.3 Å². The Morgan fingerprint density at radius 3 is 1.57 bits per heavy atom. The lowest BCUT2D eigenvalue weighted by Crippen LogP contribution is -1.93. The highest BCUT2D eigenvalue weighted by molar-refractivity contribution is 7.26. The molecule has 0 aliphatic heterocycles. The number of fused-ring (bicyclic) bond motifs is 3. The van der Waals surface area contributed by atoms with Gasteiger partial charge in [0.25, 0.3) is 0 Å². The van der Waals surface area contributed by atoms with E-state index < -0.39 is 0 Å². The molecule has 7 rings (SSSR count). The van der Waals surface area contributed by atoms with Gasteiger partial charge in [-0.15, -0.1) is 11.3 Å². The summed E-state index contributed by atoms with van der Waals surface area (Å²) in [4.78, 5) is 5.22. The number of aromatic nitrogens is 1. The van der Waals surface area contributed by atoms with Gasteiger partial charge in [0, 0.05) is 42.4 Å². The van der Waals surface area contributed by atoms with E-state index in [4.69, 9.17) is 4.98 Å². The maximum Gasteiger partial charge on any atom is 0.0788 e. The summed E-state index contributed by atoms with van der Waals surface area (Å²) in [6.45, 7) is 0. The van der Waals surface area contributed by atoms with Crippen molar-refractivity contribution in [1.29, 1.82) is 0 Å². The van der Waals surface area contributed by atoms with Gasteiger partial charge in [0.1, 0.15) is 0 Å². The number of pyridine rings is 1. The fourth-order valence-electron chi connectivity index (χ4n) is 5.14. The van der Waals surface area contributed by atoms with Gasteiger partial charge in [-0.3, -0.25) is 0 Å². The Labute approximate surface area is 220 Å². The van der Waals surface area contributed by atoms with Crippen molar-refractivity contribution in [2.75, 3.05) is 0 Å². The largest absolute Gasteiger partial charge is 0.247 e. The van der Waals surface area contributed by atoms with E-state index in [1.165, 1.54) is 36.9 Å². The van der Waals surface area contributed by atoms with Crippen LogP contribution >= 0.6 is 11.3 Å². The van der Waals surface area contributed by atoms with Crippen molar-refractivity contribution in [1.82, 2.24) is 4.98 Å². The van der Waals surface area contributed by atoms with Crippen LogP contribution in [0.1, 0.15) is 0 Å². The Morgan fingerprint density at radius 1 is 0.378 bits per heavy atom. The van der Waals surface area contributed by atoms with E-state index >= 15 is 0 Å². The van der Waals surface area contributed by atoms with Gasteiger partial charge in [0.2, 0.25) is 0 Å². The second-order valence-corrected chi connectivity index (χ2v) is 10.2. The smallest absolute Gasteiger partial charge is 0.0788 e. The number of benzene rings is 5. The lowest BCUT2D eigenvalue weighted by Gasteiger charge is -2.13. The van der Waals surface area contributed by atoms with Gasteiger partial charge in [-0.2, -0.15) is 0 Å². The Bertz CT molecular complexity index is 1850. The molecule has 0 amide bonds. The molecule has 0 fully saturated rings. The fraction of sp³-hybridized carbons (Fsp3) is 0. The molecule has 0 saturated carbocycles. The lowest BCUT2D eigenvalue weighted by atomic mass is 9.96. The number of thiophene rings is 1. The topological polar surface area (TPSA) is 12.9 Å². The minimum atomic E-state index is 0.984. The molecule has 0 spiro atoms. The molecule has 0 radical (unpaired) electrons. The summed E-state index contributed by atoms with van der Waals surface area (Å²) < 4.78 is 2.62. The van der Waals surface area contributed by atoms with Crippen LogP contribution in [0.25, 0.3) is 64.9 Å². The Hall–Kier alpha value is -4.53. The van der Waals surface area contributed by atoms with Crippen LogP contribution in [0.3, 0.4) is 0 Å². The number of hydrogen-bond donors (Lipinski definition) is 0. The second kappa shape index (κ2) is 9.16. The molecule has 1 nitrogen and oxygen atoms in total. The second-order valence-electron chi connectivity index (χ2n) is 9.16. The van der Waals surface area contributed by atoms with Crippen LogP contribution in [0.2, 0.25) is 0 Å². The van der Waals surface area contributed by atoms with Crippen molar-refractivity contribution in [2.24, 2.45) is 0 Å². The first-order chi connectivity index (χ1) is 18.4. The summed E-state index contributed by atoms with van der Waals surface area (Å²) in [6, 6.07) is 49.4. The van der Waals surface area contributed by atoms with E-state index in [0.29, 0.717) is 0 Å². The van der Waals surface area contributed by atoms with Crippen LogP contribution in [-0.4, -0.2) is 4.98 Å². The molecule has 5 aromatic carbocycles. The first-order valence-electron chi connectivity index (χ1n) is 12.5. The molecular weight excluding hydrogens is 466 g/mol. The highest BCUT2D eigenvalue weighted by Crippen LogP contribution is 2.45. The van der Waals surface area contributed by atoms with Gasteiger partial charge >= 0.3 is 0 Å². The van der Waals surface area contributed by atoms with Crippen LogP contribution < -0.4 is 0 Å². The Kier molecular flexibility index (Phi) is 5.38. The molecule has 174 valence electrons. The molecule has 0 aliphatic carbocycles. The molecule has 0 saturated heterocycles.